The van der Waals surface area contributed by atoms with Gasteiger partial charge in [0.2, 0.25) is 12.4 Å². The number of hydrogen-bond donors (Lipinski definition) is 2. The molecule has 1 fully saturated rings. The van der Waals surface area contributed by atoms with Crippen LogP contribution in [0.1, 0.15) is 12.1 Å². The summed E-state index contributed by atoms with van der Waals surface area (Å²) in [5, 5.41) is 2.58. The van der Waals surface area contributed by atoms with Crippen LogP contribution >= 0.6 is 0 Å². The van der Waals surface area contributed by atoms with Crippen LogP contribution in [0.2, 0.25) is 0 Å². The van der Waals surface area contributed by atoms with Crippen LogP contribution in [-0.4, -0.2) is 46.2 Å². The Balaban J connectivity index is 1.69. The van der Waals surface area contributed by atoms with Gasteiger partial charge in [-0.15, -0.1) is 0 Å². The molecular formula is C19H21FN6O. The van der Waals surface area contributed by atoms with Crippen molar-refractivity contribution in [3.05, 3.63) is 48.3 Å². The Morgan fingerprint density at radius 3 is 2.89 bits per heavy atom. The maximum atomic E-state index is 13.8. The van der Waals surface area contributed by atoms with Gasteiger partial charge in [-0.2, -0.15) is 0 Å². The Labute approximate surface area is 156 Å². The lowest BCUT2D eigenvalue weighted by Gasteiger charge is -2.34. The molecule has 27 heavy (non-hydrogen) atoms. The number of pyridine rings is 1. The normalized spacial score (nSPS) is 20.0. The van der Waals surface area contributed by atoms with E-state index in [9.17, 15) is 9.18 Å². The first-order valence-electron chi connectivity index (χ1n) is 8.90. The molecule has 3 heterocycles. The molecule has 2 aromatic heterocycles. The van der Waals surface area contributed by atoms with Crippen LogP contribution in [0.15, 0.2) is 42.6 Å². The number of halogens is 1. The second-order valence-electron chi connectivity index (χ2n) is 6.70. The van der Waals surface area contributed by atoms with Gasteiger partial charge in [-0.1, -0.05) is 12.1 Å². The average Bonchev–Trinajstić information content (AvgIpc) is 3.04. The van der Waals surface area contributed by atoms with E-state index in [1.807, 2.05) is 35.2 Å². The number of rotatable bonds is 5. The first kappa shape index (κ1) is 17.4. The predicted octanol–water partition coefficient (Wildman–Crippen LogP) is 1.92. The fourth-order valence-corrected chi connectivity index (χ4v) is 3.43. The summed E-state index contributed by atoms with van der Waals surface area (Å²) in [6.07, 6.45) is 1.66. The molecule has 0 bridgehead atoms. The summed E-state index contributed by atoms with van der Waals surface area (Å²) in [6, 6.07) is 11.0. The predicted molar refractivity (Wildman–Crippen MR) is 102 cm³/mol. The Bertz CT molecular complexity index is 941. The number of carbonyl (C=O) groups excluding carboxylic acids is 1. The number of piperidine rings is 1. The summed E-state index contributed by atoms with van der Waals surface area (Å²) in [5.41, 5.74) is 9.28. The van der Waals surface area contributed by atoms with Gasteiger partial charge in [0.1, 0.15) is 6.17 Å². The number of alkyl halides is 1. The van der Waals surface area contributed by atoms with Crippen molar-refractivity contribution < 1.29 is 9.18 Å². The third-order valence-electron chi connectivity index (χ3n) is 4.86. The number of nitrogens with two attached hydrogens (primary N) is 1. The lowest BCUT2D eigenvalue weighted by atomic mass is 10.1. The zero-order chi connectivity index (χ0) is 18.8. The summed E-state index contributed by atoms with van der Waals surface area (Å²) in [7, 11) is 0. The number of aromatic nitrogens is 3. The highest BCUT2D eigenvalue weighted by molar-refractivity contribution is 5.79. The zero-order valence-electron chi connectivity index (χ0n) is 14.8. The fourth-order valence-electron chi connectivity index (χ4n) is 3.43. The number of carbonyl (C=O) groups is 1. The number of nitrogens with zero attached hydrogens (tertiary/aromatic N) is 4. The molecule has 0 spiro atoms. The molecule has 2 atom stereocenters. The van der Waals surface area contributed by atoms with Gasteiger partial charge in [-0.3, -0.25) is 9.78 Å². The van der Waals surface area contributed by atoms with E-state index in [4.69, 9.17) is 10.7 Å². The third kappa shape index (κ3) is 3.48. The molecule has 1 aromatic carbocycles. The van der Waals surface area contributed by atoms with Crippen LogP contribution < -0.4 is 16.0 Å². The van der Waals surface area contributed by atoms with Gasteiger partial charge in [-0.05, 0) is 30.7 Å². The first-order valence-corrected chi connectivity index (χ1v) is 8.90. The van der Waals surface area contributed by atoms with Crippen LogP contribution in [0.5, 0.6) is 0 Å². The van der Waals surface area contributed by atoms with Gasteiger partial charge >= 0.3 is 0 Å². The van der Waals surface area contributed by atoms with Crippen molar-refractivity contribution in [2.45, 2.75) is 25.2 Å². The van der Waals surface area contributed by atoms with E-state index < -0.39 is 12.2 Å². The van der Waals surface area contributed by atoms with Crippen LogP contribution in [0.25, 0.3) is 11.0 Å². The number of benzene rings is 1. The lowest BCUT2D eigenvalue weighted by molar-refractivity contribution is -0.105. The summed E-state index contributed by atoms with van der Waals surface area (Å²) in [6.45, 7) is 1.52. The smallest absolute Gasteiger partial charge is 0.211 e. The quantitative estimate of drug-likeness (QED) is 0.672. The van der Waals surface area contributed by atoms with E-state index in [1.54, 1.807) is 12.3 Å². The first-order chi connectivity index (χ1) is 13.2. The molecular weight excluding hydrogens is 347 g/mol. The highest BCUT2D eigenvalue weighted by Gasteiger charge is 2.29. The average molecular weight is 368 g/mol. The summed E-state index contributed by atoms with van der Waals surface area (Å²) < 4.78 is 15.9. The van der Waals surface area contributed by atoms with Gasteiger partial charge in [0.05, 0.1) is 41.2 Å². The maximum absolute atomic E-state index is 13.8. The molecule has 1 aliphatic rings. The van der Waals surface area contributed by atoms with E-state index in [-0.39, 0.29) is 0 Å². The minimum Gasteiger partial charge on any atom is -0.340 e. The molecule has 8 heteroatoms. The molecule has 0 unspecified atom stereocenters. The van der Waals surface area contributed by atoms with E-state index in [1.165, 1.54) is 0 Å². The minimum atomic E-state index is -0.974. The molecule has 0 radical (unpaired) electrons. The summed E-state index contributed by atoms with van der Waals surface area (Å²) in [4.78, 5) is 21.8. The molecule has 0 aliphatic carbocycles. The van der Waals surface area contributed by atoms with Crippen LogP contribution in [0.3, 0.4) is 0 Å². The van der Waals surface area contributed by atoms with Gasteiger partial charge in [0.25, 0.3) is 0 Å². The van der Waals surface area contributed by atoms with E-state index in [0.29, 0.717) is 38.2 Å². The van der Waals surface area contributed by atoms with Crippen molar-refractivity contribution in [3.8, 4) is 0 Å². The van der Waals surface area contributed by atoms with Gasteiger partial charge in [0.15, 0.2) is 0 Å². The van der Waals surface area contributed by atoms with Gasteiger partial charge in [0, 0.05) is 13.1 Å². The molecule has 4 rings (SSSR count). The number of imidazole rings is 1. The fraction of sp³-hybridized carbons (Fsp3) is 0.316. The van der Waals surface area contributed by atoms with Crippen molar-refractivity contribution in [1.29, 1.82) is 0 Å². The van der Waals surface area contributed by atoms with Crippen LogP contribution in [0, 0.1) is 0 Å². The number of para-hydroxylation sites is 2. The Hall–Kier alpha value is -3.00. The molecule has 1 aliphatic heterocycles. The van der Waals surface area contributed by atoms with Crippen LogP contribution in [0.4, 0.5) is 16.0 Å². The number of nitrogens with one attached hydrogen (secondary N) is 1. The van der Waals surface area contributed by atoms with Crippen LogP contribution in [-0.2, 0) is 11.3 Å². The number of hydrogen-bond acceptors (Lipinski definition) is 5. The van der Waals surface area contributed by atoms with Gasteiger partial charge < -0.3 is 20.5 Å². The molecule has 7 nitrogen and oxygen atoms in total. The van der Waals surface area contributed by atoms with Crippen molar-refractivity contribution in [2.75, 3.05) is 23.3 Å². The standard InChI is InChI=1S/C19H21FN6O/c20-15-7-8-25(11-16(15)21)19-24-17-3-1-2-4-18(17)26(19)10-14-6-5-13(9-22-14)23-12-27/h1-6,9,12,15-16H,7-8,10-11,21H2,(H,23,27)/t15-,16-/m1/s1. The van der Waals surface area contributed by atoms with E-state index >= 15 is 0 Å². The molecule has 0 saturated carbocycles. The molecule has 3 aromatic rings. The zero-order valence-corrected chi connectivity index (χ0v) is 14.8. The highest BCUT2D eigenvalue weighted by Crippen LogP contribution is 2.26. The van der Waals surface area contributed by atoms with Crippen molar-refractivity contribution in [3.63, 3.8) is 0 Å². The molecule has 1 amide bonds. The molecule has 1 saturated heterocycles. The third-order valence-corrected chi connectivity index (χ3v) is 4.86. The summed E-state index contributed by atoms with van der Waals surface area (Å²) >= 11 is 0. The van der Waals surface area contributed by atoms with Crippen molar-refractivity contribution >= 4 is 29.1 Å². The Kier molecular flexibility index (Phi) is 4.72. The largest absolute Gasteiger partial charge is 0.340 e. The van der Waals surface area contributed by atoms with E-state index in [0.717, 1.165) is 22.7 Å². The number of fused-ring (bicyclic) bond motifs is 1. The topological polar surface area (TPSA) is 89.1 Å². The van der Waals surface area contributed by atoms with E-state index in [2.05, 4.69) is 14.9 Å². The van der Waals surface area contributed by atoms with Gasteiger partial charge in [-0.25, -0.2) is 9.37 Å². The monoisotopic (exact) mass is 368 g/mol. The Morgan fingerprint density at radius 1 is 1.30 bits per heavy atom. The van der Waals surface area contributed by atoms with Crippen molar-refractivity contribution in [2.24, 2.45) is 5.73 Å². The summed E-state index contributed by atoms with van der Waals surface area (Å²) in [5.74, 6) is 0.774. The van der Waals surface area contributed by atoms with Crippen molar-refractivity contribution in [1.82, 2.24) is 14.5 Å². The molecule has 3 N–H and O–H groups in total. The second-order valence-corrected chi connectivity index (χ2v) is 6.70. The second kappa shape index (κ2) is 7.32. The Morgan fingerprint density at radius 2 is 2.15 bits per heavy atom. The maximum Gasteiger partial charge on any atom is 0.211 e. The lowest BCUT2D eigenvalue weighted by Crippen LogP contribution is -2.50. The minimum absolute atomic E-state index is 0.398. The molecule has 140 valence electrons. The number of amides is 1. The SMILES string of the molecule is N[C@@H]1CN(c2nc3ccccc3n2Cc2ccc(NC=O)cn2)CC[C@H]1F. The number of anilines is 2. The highest BCUT2D eigenvalue weighted by atomic mass is 19.1.